The Kier molecular flexibility index (Phi) is 4.11. The molecular formula is C16H20N4O2. The third kappa shape index (κ3) is 2.96. The van der Waals surface area contributed by atoms with Gasteiger partial charge in [-0.2, -0.15) is 5.10 Å². The van der Waals surface area contributed by atoms with Gasteiger partial charge in [0.25, 0.3) is 0 Å². The van der Waals surface area contributed by atoms with E-state index in [0.29, 0.717) is 12.1 Å². The average molecular weight is 300 g/mol. The fourth-order valence-electron chi connectivity index (χ4n) is 2.84. The van der Waals surface area contributed by atoms with E-state index in [4.69, 9.17) is 0 Å². The Morgan fingerprint density at radius 2 is 1.86 bits per heavy atom. The van der Waals surface area contributed by atoms with E-state index in [1.165, 1.54) is 11.9 Å². The second kappa shape index (κ2) is 6.19. The van der Waals surface area contributed by atoms with Crippen molar-refractivity contribution in [3.05, 3.63) is 47.8 Å². The zero-order valence-electron chi connectivity index (χ0n) is 12.6. The monoisotopic (exact) mass is 300 g/mol. The number of anilines is 1. The van der Waals surface area contributed by atoms with E-state index >= 15 is 0 Å². The van der Waals surface area contributed by atoms with Gasteiger partial charge in [-0.3, -0.25) is 9.58 Å². The van der Waals surface area contributed by atoms with Crippen molar-refractivity contribution >= 4 is 11.7 Å². The van der Waals surface area contributed by atoms with E-state index in [1.807, 2.05) is 6.07 Å². The molecule has 1 fully saturated rings. The number of aromatic carboxylic acids is 1. The number of benzene rings is 1. The van der Waals surface area contributed by atoms with E-state index < -0.39 is 5.97 Å². The van der Waals surface area contributed by atoms with Crippen molar-refractivity contribution in [2.24, 2.45) is 7.05 Å². The standard InChI is InChI=1S/C16H20N4O2/c1-18-15(14(11-17-18)16(21)22)12-19-7-9-20(10-8-19)13-5-3-2-4-6-13/h2-6,11H,7-10,12H2,1H3,(H,21,22). The highest BCUT2D eigenvalue weighted by Crippen LogP contribution is 2.17. The van der Waals surface area contributed by atoms with Crippen molar-refractivity contribution in [1.29, 1.82) is 0 Å². The van der Waals surface area contributed by atoms with Gasteiger partial charge in [0.05, 0.1) is 11.9 Å². The van der Waals surface area contributed by atoms with Gasteiger partial charge >= 0.3 is 5.97 Å². The summed E-state index contributed by atoms with van der Waals surface area (Å²) >= 11 is 0. The Morgan fingerprint density at radius 3 is 2.50 bits per heavy atom. The van der Waals surface area contributed by atoms with Crippen LogP contribution in [-0.4, -0.2) is 51.9 Å². The van der Waals surface area contributed by atoms with Crippen LogP contribution in [-0.2, 0) is 13.6 Å². The number of carbonyl (C=O) groups is 1. The number of carboxylic acids is 1. The van der Waals surface area contributed by atoms with Gasteiger partial charge in [-0.1, -0.05) is 18.2 Å². The first-order valence-corrected chi connectivity index (χ1v) is 7.41. The molecule has 1 aromatic carbocycles. The van der Waals surface area contributed by atoms with Crippen LogP contribution in [0, 0.1) is 0 Å². The largest absolute Gasteiger partial charge is 0.478 e. The summed E-state index contributed by atoms with van der Waals surface area (Å²) in [5.74, 6) is -0.911. The highest BCUT2D eigenvalue weighted by atomic mass is 16.4. The van der Waals surface area contributed by atoms with Crippen LogP contribution < -0.4 is 4.90 Å². The molecule has 1 saturated heterocycles. The molecule has 0 aliphatic carbocycles. The van der Waals surface area contributed by atoms with E-state index in [1.54, 1.807) is 11.7 Å². The molecule has 6 heteroatoms. The summed E-state index contributed by atoms with van der Waals surface area (Å²) in [4.78, 5) is 15.9. The number of carboxylic acid groups (broad SMARTS) is 1. The molecule has 3 rings (SSSR count). The quantitative estimate of drug-likeness (QED) is 0.926. The van der Waals surface area contributed by atoms with Gasteiger partial charge in [0.1, 0.15) is 5.56 Å². The number of hydrogen-bond acceptors (Lipinski definition) is 4. The molecule has 1 aromatic heterocycles. The van der Waals surface area contributed by atoms with Gasteiger partial charge in [0, 0.05) is 45.5 Å². The average Bonchev–Trinajstić information content (AvgIpc) is 2.90. The van der Waals surface area contributed by atoms with Gasteiger partial charge in [-0.05, 0) is 12.1 Å². The van der Waals surface area contributed by atoms with Crippen LogP contribution in [0.15, 0.2) is 36.5 Å². The first kappa shape index (κ1) is 14.6. The second-order valence-electron chi connectivity index (χ2n) is 5.53. The highest BCUT2D eigenvalue weighted by Gasteiger charge is 2.21. The molecule has 0 radical (unpaired) electrons. The molecule has 6 nitrogen and oxygen atoms in total. The smallest absolute Gasteiger partial charge is 0.339 e. The Hall–Kier alpha value is -2.34. The maximum atomic E-state index is 11.2. The van der Waals surface area contributed by atoms with Crippen molar-refractivity contribution in [2.75, 3.05) is 31.1 Å². The van der Waals surface area contributed by atoms with Crippen LogP contribution in [0.5, 0.6) is 0 Å². The molecule has 0 bridgehead atoms. The van der Waals surface area contributed by atoms with Crippen LogP contribution in [0.2, 0.25) is 0 Å². The molecular weight excluding hydrogens is 280 g/mol. The number of piperazine rings is 1. The summed E-state index contributed by atoms with van der Waals surface area (Å²) in [5.41, 5.74) is 2.31. The number of rotatable bonds is 4. The molecule has 0 amide bonds. The third-order valence-electron chi connectivity index (χ3n) is 4.16. The number of hydrogen-bond donors (Lipinski definition) is 1. The van der Waals surface area contributed by atoms with Gasteiger partial charge < -0.3 is 10.0 Å². The van der Waals surface area contributed by atoms with Crippen LogP contribution in [0.4, 0.5) is 5.69 Å². The first-order chi connectivity index (χ1) is 10.6. The Balaban J connectivity index is 1.63. The minimum atomic E-state index is -0.911. The molecule has 1 aliphatic rings. The minimum absolute atomic E-state index is 0.299. The highest BCUT2D eigenvalue weighted by molar-refractivity contribution is 5.88. The third-order valence-corrected chi connectivity index (χ3v) is 4.16. The normalized spacial score (nSPS) is 16.0. The van der Waals surface area contributed by atoms with Gasteiger partial charge in [-0.25, -0.2) is 4.79 Å². The van der Waals surface area contributed by atoms with Crippen molar-refractivity contribution in [1.82, 2.24) is 14.7 Å². The number of para-hydroxylation sites is 1. The molecule has 2 heterocycles. The fourth-order valence-corrected chi connectivity index (χ4v) is 2.84. The van der Waals surface area contributed by atoms with Crippen LogP contribution in [0.25, 0.3) is 0 Å². The molecule has 0 unspecified atom stereocenters. The topological polar surface area (TPSA) is 61.6 Å². The lowest BCUT2D eigenvalue weighted by Crippen LogP contribution is -2.46. The molecule has 1 N–H and O–H groups in total. The summed E-state index contributed by atoms with van der Waals surface area (Å²) < 4.78 is 1.66. The predicted octanol–water partition coefficient (Wildman–Crippen LogP) is 1.44. The SMILES string of the molecule is Cn1ncc(C(=O)O)c1CN1CCN(c2ccccc2)CC1. The van der Waals surface area contributed by atoms with Crippen LogP contribution >= 0.6 is 0 Å². The summed E-state index contributed by atoms with van der Waals surface area (Å²) in [5, 5.41) is 13.3. The van der Waals surface area contributed by atoms with Crippen molar-refractivity contribution in [2.45, 2.75) is 6.54 Å². The number of aryl methyl sites for hydroxylation is 1. The molecule has 116 valence electrons. The lowest BCUT2D eigenvalue weighted by molar-refractivity contribution is 0.0694. The molecule has 0 atom stereocenters. The lowest BCUT2D eigenvalue weighted by atomic mass is 10.2. The summed E-state index contributed by atoms with van der Waals surface area (Å²) in [6, 6.07) is 10.4. The van der Waals surface area contributed by atoms with E-state index in [9.17, 15) is 9.90 Å². The first-order valence-electron chi connectivity index (χ1n) is 7.41. The van der Waals surface area contributed by atoms with Crippen molar-refractivity contribution < 1.29 is 9.90 Å². The molecule has 1 aliphatic heterocycles. The predicted molar refractivity (Wildman–Crippen MR) is 84.1 cm³/mol. The Bertz CT molecular complexity index is 645. The molecule has 2 aromatic rings. The molecule has 0 saturated carbocycles. The minimum Gasteiger partial charge on any atom is -0.478 e. The molecule has 22 heavy (non-hydrogen) atoms. The summed E-state index contributed by atoms with van der Waals surface area (Å²) in [6.45, 7) is 4.35. The maximum Gasteiger partial charge on any atom is 0.339 e. The van der Waals surface area contributed by atoms with E-state index in [0.717, 1.165) is 31.9 Å². The van der Waals surface area contributed by atoms with Gasteiger partial charge in [-0.15, -0.1) is 0 Å². The second-order valence-corrected chi connectivity index (χ2v) is 5.53. The van der Waals surface area contributed by atoms with E-state index in [-0.39, 0.29) is 0 Å². The maximum absolute atomic E-state index is 11.2. The van der Waals surface area contributed by atoms with E-state index in [2.05, 4.69) is 39.2 Å². The summed E-state index contributed by atoms with van der Waals surface area (Å²) in [6.07, 6.45) is 1.43. The van der Waals surface area contributed by atoms with Gasteiger partial charge in [0.2, 0.25) is 0 Å². The van der Waals surface area contributed by atoms with Crippen molar-refractivity contribution in [3.8, 4) is 0 Å². The van der Waals surface area contributed by atoms with Gasteiger partial charge in [0.15, 0.2) is 0 Å². The Labute approximate surface area is 129 Å². The fraction of sp³-hybridized carbons (Fsp3) is 0.375. The van der Waals surface area contributed by atoms with Crippen LogP contribution in [0.3, 0.4) is 0 Å². The van der Waals surface area contributed by atoms with Crippen molar-refractivity contribution in [3.63, 3.8) is 0 Å². The lowest BCUT2D eigenvalue weighted by Gasteiger charge is -2.36. The number of nitrogens with zero attached hydrogens (tertiary/aromatic N) is 4. The van der Waals surface area contributed by atoms with Crippen LogP contribution in [0.1, 0.15) is 16.1 Å². The molecule has 0 spiro atoms. The number of aromatic nitrogens is 2. The Morgan fingerprint density at radius 1 is 1.18 bits per heavy atom. The summed E-state index contributed by atoms with van der Waals surface area (Å²) in [7, 11) is 1.79. The zero-order chi connectivity index (χ0) is 15.5. The zero-order valence-corrected chi connectivity index (χ0v) is 12.6.